The maximum atomic E-state index is 12.8. The number of hydrogen-bond donors (Lipinski definition) is 1. The molecule has 5 rings (SSSR count). The number of fused-ring (bicyclic) bond motifs is 1. The first kappa shape index (κ1) is 28.4. The number of carbonyl (C=O) groups is 2. The van der Waals surface area contributed by atoms with E-state index in [1.165, 1.54) is 18.2 Å². The molecule has 0 radical (unpaired) electrons. The summed E-state index contributed by atoms with van der Waals surface area (Å²) in [4.78, 5) is 26.0. The number of alkyl halides is 3. The second kappa shape index (κ2) is 11.8. The molecule has 216 valence electrons. The Balaban J connectivity index is 1.23. The molecule has 11 nitrogen and oxygen atoms in total. The third kappa shape index (κ3) is 7.14. The summed E-state index contributed by atoms with van der Waals surface area (Å²) in [7, 11) is 0. The number of anilines is 1. The van der Waals surface area contributed by atoms with Gasteiger partial charge in [-0.25, -0.2) is 4.79 Å². The minimum atomic E-state index is -4.84. The molecular formula is C26H23BrF3N5O6. The van der Waals surface area contributed by atoms with Crippen LogP contribution in [0.3, 0.4) is 0 Å². The van der Waals surface area contributed by atoms with Gasteiger partial charge in [-0.1, -0.05) is 12.5 Å². The average Bonchev–Trinajstić information content (AvgIpc) is 3.57. The molecule has 1 fully saturated rings. The van der Waals surface area contributed by atoms with Gasteiger partial charge in [0, 0.05) is 16.6 Å². The molecule has 1 unspecified atom stereocenters. The Morgan fingerprint density at radius 3 is 2.63 bits per heavy atom. The van der Waals surface area contributed by atoms with Crippen LogP contribution < -0.4 is 10.1 Å². The van der Waals surface area contributed by atoms with Gasteiger partial charge in [0.25, 0.3) is 5.91 Å². The van der Waals surface area contributed by atoms with Gasteiger partial charge in [-0.15, -0.1) is 28.2 Å². The van der Waals surface area contributed by atoms with Crippen LogP contribution >= 0.6 is 15.9 Å². The van der Waals surface area contributed by atoms with E-state index >= 15 is 0 Å². The number of ether oxygens (including phenoxy) is 3. The number of tetrazole rings is 1. The van der Waals surface area contributed by atoms with E-state index in [0.717, 1.165) is 43.0 Å². The van der Waals surface area contributed by atoms with Crippen molar-refractivity contribution in [2.75, 3.05) is 5.32 Å². The lowest BCUT2D eigenvalue weighted by Gasteiger charge is -2.22. The summed E-state index contributed by atoms with van der Waals surface area (Å²) in [6.45, 7) is 1.58. The van der Waals surface area contributed by atoms with E-state index in [-0.39, 0.29) is 33.4 Å². The largest absolute Gasteiger partial charge is 0.573 e. The number of benzene rings is 2. The van der Waals surface area contributed by atoms with Gasteiger partial charge in [-0.05, 0) is 90.1 Å². The standard InChI is InChI=1S/C26H23BrF3N5O6/c1-14(38-25(37)39-18-5-3-2-4-6-18)35-33-23(32-34-35)22-11-15-7-8-16(12-21(15)40-22)24(36)31-17-9-10-20(19(27)13-17)41-26(28,29)30/h7-14,18H,2-6H2,1H3,(H,31,36). The molecule has 1 amide bonds. The Hall–Kier alpha value is -4.14. The van der Waals surface area contributed by atoms with Gasteiger partial charge >= 0.3 is 12.5 Å². The first-order valence-electron chi connectivity index (χ1n) is 12.6. The van der Waals surface area contributed by atoms with E-state index in [0.29, 0.717) is 11.0 Å². The van der Waals surface area contributed by atoms with Crippen molar-refractivity contribution in [1.29, 1.82) is 0 Å². The summed E-state index contributed by atoms with van der Waals surface area (Å²) in [6, 6.07) is 10.0. The molecule has 4 aromatic rings. The lowest BCUT2D eigenvalue weighted by atomic mass is 9.98. The van der Waals surface area contributed by atoms with E-state index in [1.54, 1.807) is 25.1 Å². The van der Waals surface area contributed by atoms with Crippen LogP contribution in [0.2, 0.25) is 0 Å². The van der Waals surface area contributed by atoms with Crippen molar-refractivity contribution in [3.05, 3.63) is 52.5 Å². The molecule has 0 saturated heterocycles. The highest BCUT2D eigenvalue weighted by Crippen LogP contribution is 2.33. The number of aromatic nitrogens is 4. The monoisotopic (exact) mass is 637 g/mol. The van der Waals surface area contributed by atoms with Gasteiger partial charge in [0.05, 0.1) is 4.47 Å². The maximum Gasteiger partial charge on any atom is 0.573 e. The third-order valence-corrected chi connectivity index (χ3v) is 6.87. The van der Waals surface area contributed by atoms with Gasteiger partial charge in [-0.2, -0.15) is 0 Å². The summed E-state index contributed by atoms with van der Waals surface area (Å²) < 4.78 is 57.9. The van der Waals surface area contributed by atoms with Crippen molar-refractivity contribution in [2.45, 2.75) is 57.7 Å². The van der Waals surface area contributed by atoms with Crippen LogP contribution in [0.4, 0.5) is 23.7 Å². The quantitative estimate of drug-likeness (QED) is 0.213. The highest BCUT2D eigenvalue weighted by Gasteiger charge is 2.32. The second-order valence-corrected chi connectivity index (χ2v) is 10.1. The SMILES string of the molecule is CC(OC(=O)OC1CCCCC1)n1nnc(-c2cc3ccc(C(=O)Nc4ccc(OC(F)(F)F)c(Br)c4)cc3o2)n1. The summed E-state index contributed by atoms with van der Waals surface area (Å²) in [5, 5.41) is 15.4. The molecule has 1 aliphatic rings. The third-order valence-electron chi connectivity index (χ3n) is 6.25. The highest BCUT2D eigenvalue weighted by molar-refractivity contribution is 9.10. The fraction of sp³-hybridized carbons (Fsp3) is 0.346. The first-order chi connectivity index (χ1) is 19.5. The Labute approximate surface area is 239 Å². The summed E-state index contributed by atoms with van der Waals surface area (Å²) >= 11 is 3.00. The molecule has 1 N–H and O–H groups in total. The van der Waals surface area contributed by atoms with Crippen LogP contribution in [0.1, 0.15) is 55.6 Å². The molecule has 2 heterocycles. The van der Waals surface area contributed by atoms with Crippen LogP contribution in [0.15, 0.2) is 51.4 Å². The van der Waals surface area contributed by atoms with Crippen molar-refractivity contribution >= 4 is 44.6 Å². The molecule has 41 heavy (non-hydrogen) atoms. The Morgan fingerprint density at radius 2 is 1.90 bits per heavy atom. The summed E-state index contributed by atoms with van der Waals surface area (Å²) in [5.41, 5.74) is 0.844. The van der Waals surface area contributed by atoms with E-state index < -0.39 is 30.4 Å². The summed E-state index contributed by atoms with van der Waals surface area (Å²) in [5.74, 6) is -0.554. The molecular weight excluding hydrogens is 615 g/mol. The first-order valence-corrected chi connectivity index (χ1v) is 13.4. The Kier molecular flexibility index (Phi) is 8.15. The lowest BCUT2D eigenvalue weighted by Crippen LogP contribution is -2.24. The second-order valence-electron chi connectivity index (χ2n) is 9.29. The van der Waals surface area contributed by atoms with Gasteiger partial charge < -0.3 is 23.9 Å². The maximum absolute atomic E-state index is 12.8. The molecule has 2 aromatic heterocycles. The minimum Gasteiger partial charge on any atom is -0.453 e. The van der Waals surface area contributed by atoms with Crippen LogP contribution in [0.25, 0.3) is 22.6 Å². The van der Waals surface area contributed by atoms with Gasteiger partial charge in [0.15, 0.2) is 5.76 Å². The van der Waals surface area contributed by atoms with Gasteiger partial charge in [-0.3, -0.25) is 4.79 Å². The predicted molar refractivity (Wildman–Crippen MR) is 141 cm³/mol. The zero-order chi connectivity index (χ0) is 29.1. The van der Waals surface area contributed by atoms with Crippen molar-refractivity contribution < 1.29 is 41.4 Å². The Bertz CT molecular complexity index is 1570. The number of furan rings is 1. The molecule has 0 spiro atoms. The molecule has 15 heteroatoms. The number of nitrogens with zero attached hydrogens (tertiary/aromatic N) is 4. The number of rotatable bonds is 7. The zero-order valence-corrected chi connectivity index (χ0v) is 23.1. The predicted octanol–water partition coefficient (Wildman–Crippen LogP) is 7.00. The van der Waals surface area contributed by atoms with Gasteiger partial charge in [0.2, 0.25) is 12.1 Å². The van der Waals surface area contributed by atoms with Crippen molar-refractivity contribution in [2.24, 2.45) is 0 Å². The normalized spacial score (nSPS) is 15.0. The minimum absolute atomic E-state index is 0.0140. The number of halogens is 4. The number of nitrogens with one attached hydrogen (secondary N) is 1. The number of carbonyl (C=O) groups excluding carboxylic acids is 2. The molecule has 1 aliphatic carbocycles. The fourth-order valence-electron chi connectivity index (χ4n) is 4.28. The molecule has 1 saturated carbocycles. The van der Waals surface area contributed by atoms with E-state index in [9.17, 15) is 22.8 Å². The van der Waals surface area contributed by atoms with Crippen LogP contribution in [-0.4, -0.2) is 44.7 Å². The number of amides is 1. The highest BCUT2D eigenvalue weighted by atomic mass is 79.9. The fourth-order valence-corrected chi connectivity index (χ4v) is 4.74. The smallest absolute Gasteiger partial charge is 0.453 e. The lowest BCUT2D eigenvalue weighted by molar-refractivity contribution is -0.274. The van der Waals surface area contributed by atoms with Crippen LogP contribution in [0.5, 0.6) is 5.75 Å². The molecule has 2 aromatic carbocycles. The number of hydrogen-bond acceptors (Lipinski definition) is 9. The van der Waals surface area contributed by atoms with E-state index in [4.69, 9.17) is 13.9 Å². The van der Waals surface area contributed by atoms with Crippen LogP contribution in [0, 0.1) is 0 Å². The topological polar surface area (TPSA) is 131 Å². The van der Waals surface area contributed by atoms with E-state index in [1.807, 2.05) is 0 Å². The Morgan fingerprint density at radius 1 is 1.12 bits per heavy atom. The van der Waals surface area contributed by atoms with Crippen molar-refractivity contribution in [1.82, 2.24) is 20.2 Å². The van der Waals surface area contributed by atoms with Gasteiger partial charge in [0.1, 0.15) is 17.4 Å². The van der Waals surface area contributed by atoms with Crippen molar-refractivity contribution in [3.8, 4) is 17.3 Å². The average molecular weight is 638 g/mol. The van der Waals surface area contributed by atoms with Crippen LogP contribution in [-0.2, 0) is 9.47 Å². The van der Waals surface area contributed by atoms with Crippen molar-refractivity contribution in [3.63, 3.8) is 0 Å². The molecule has 0 aliphatic heterocycles. The zero-order valence-electron chi connectivity index (χ0n) is 21.5. The molecule has 1 atom stereocenters. The summed E-state index contributed by atoms with van der Waals surface area (Å²) in [6.07, 6.45) is -1.87. The van der Waals surface area contributed by atoms with E-state index in [2.05, 4.69) is 41.4 Å². The molecule has 0 bridgehead atoms.